The van der Waals surface area contributed by atoms with Crippen molar-refractivity contribution in [1.82, 2.24) is 0 Å². The van der Waals surface area contributed by atoms with Crippen molar-refractivity contribution in [2.24, 2.45) is 11.8 Å². The fourth-order valence-corrected chi connectivity index (χ4v) is 4.22. The van der Waals surface area contributed by atoms with Crippen molar-refractivity contribution >= 4 is 12.3 Å². The third-order valence-electron chi connectivity index (χ3n) is 6.13. The summed E-state index contributed by atoms with van der Waals surface area (Å²) in [4.78, 5) is 24.4. The van der Waals surface area contributed by atoms with E-state index in [1.807, 2.05) is 0 Å². The Morgan fingerprint density at radius 2 is 1.38 bits per heavy atom. The molecule has 1 aliphatic carbocycles. The van der Waals surface area contributed by atoms with Crippen molar-refractivity contribution in [2.75, 3.05) is 13.2 Å². The van der Waals surface area contributed by atoms with E-state index in [1.54, 1.807) is 0 Å². The Morgan fingerprint density at radius 1 is 0.750 bits per heavy atom. The maximum atomic E-state index is 12.3. The monoisotopic (exact) mass is 456 g/mol. The molecule has 32 heavy (non-hydrogen) atoms. The van der Waals surface area contributed by atoms with Crippen LogP contribution in [0.4, 0.5) is 9.59 Å². The van der Waals surface area contributed by atoms with Crippen molar-refractivity contribution in [3.05, 3.63) is 0 Å². The highest BCUT2D eigenvalue weighted by atomic mass is 16.8. The number of rotatable bonds is 16. The second kappa shape index (κ2) is 18.0. The number of hydrogen-bond donors (Lipinski definition) is 0. The Labute approximate surface area is 196 Å². The van der Waals surface area contributed by atoms with E-state index in [0.29, 0.717) is 37.9 Å². The smallest absolute Gasteiger partial charge is 0.434 e. The fraction of sp³-hybridized carbons (Fsp3) is 0.923. The highest BCUT2D eigenvalue weighted by Gasteiger charge is 2.32. The number of ether oxygens (including phenoxy) is 4. The van der Waals surface area contributed by atoms with Gasteiger partial charge >= 0.3 is 12.3 Å². The SMILES string of the molecule is CCCCCC(CCC)COC(=O)OC1CCCCC1OC(=O)OCCCCCC(C)C. The maximum absolute atomic E-state index is 12.3. The van der Waals surface area contributed by atoms with Crippen molar-refractivity contribution in [3.63, 3.8) is 0 Å². The van der Waals surface area contributed by atoms with E-state index < -0.39 is 24.5 Å². The molecule has 188 valence electrons. The molecule has 6 nitrogen and oxygen atoms in total. The summed E-state index contributed by atoms with van der Waals surface area (Å²) in [6.45, 7) is 9.53. The summed E-state index contributed by atoms with van der Waals surface area (Å²) in [5.41, 5.74) is 0. The number of carbonyl (C=O) groups excluding carboxylic acids is 2. The first-order chi connectivity index (χ1) is 15.5. The number of hydrogen-bond acceptors (Lipinski definition) is 6. The van der Waals surface area contributed by atoms with E-state index in [-0.39, 0.29) is 0 Å². The molecule has 1 fully saturated rings. The second-order valence-corrected chi connectivity index (χ2v) is 9.65. The first-order valence-corrected chi connectivity index (χ1v) is 13.1. The lowest BCUT2D eigenvalue weighted by Crippen LogP contribution is -2.38. The molecular formula is C26H48O6. The van der Waals surface area contributed by atoms with Gasteiger partial charge in [-0.25, -0.2) is 9.59 Å². The minimum absolute atomic E-state index is 0.369. The fourth-order valence-electron chi connectivity index (χ4n) is 4.22. The van der Waals surface area contributed by atoms with Crippen LogP contribution in [0.2, 0.25) is 0 Å². The van der Waals surface area contributed by atoms with Gasteiger partial charge in [0.1, 0.15) is 12.2 Å². The van der Waals surface area contributed by atoms with Gasteiger partial charge in [0.15, 0.2) is 0 Å². The molecule has 0 aromatic carbocycles. The molecule has 0 radical (unpaired) electrons. The van der Waals surface area contributed by atoms with Crippen molar-refractivity contribution < 1.29 is 28.5 Å². The lowest BCUT2D eigenvalue weighted by atomic mass is 9.94. The highest BCUT2D eigenvalue weighted by molar-refractivity contribution is 5.61. The lowest BCUT2D eigenvalue weighted by Gasteiger charge is -2.30. The molecule has 0 aliphatic heterocycles. The minimum Gasteiger partial charge on any atom is -0.434 e. The van der Waals surface area contributed by atoms with Crippen LogP contribution in [0.15, 0.2) is 0 Å². The average molecular weight is 457 g/mol. The van der Waals surface area contributed by atoms with E-state index >= 15 is 0 Å². The second-order valence-electron chi connectivity index (χ2n) is 9.65. The molecule has 3 unspecified atom stereocenters. The van der Waals surface area contributed by atoms with E-state index in [2.05, 4.69) is 27.7 Å². The minimum atomic E-state index is -0.665. The largest absolute Gasteiger partial charge is 0.508 e. The normalized spacial score (nSPS) is 19.4. The van der Waals surface area contributed by atoms with Crippen LogP contribution in [0.1, 0.15) is 118 Å². The van der Waals surface area contributed by atoms with Crippen LogP contribution in [0.3, 0.4) is 0 Å². The van der Waals surface area contributed by atoms with Gasteiger partial charge in [0.25, 0.3) is 0 Å². The zero-order chi connectivity index (χ0) is 23.6. The number of unbranched alkanes of at least 4 members (excludes halogenated alkanes) is 4. The van der Waals surface area contributed by atoms with Gasteiger partial charge in [-0.05, 0) is 56.8 Å². The first-order valence-electron chi connectivity index (χ1n) is 13.1. The highest BCUT2D eigenvalue weighted by Crippen LogP contribution is 2.25. The number of carbonyl (C=O) groups is 2. The molecule has 0 bridgehead atoms. The van der Waals surface area contributed by atoms with Crippen molar-refractivity contribution in [3.8, 4) is 0 Å². The van der Waals surface area contributed by atoms with Crippen LogP contribution in [0.5, 0.6) is 0 Å². The average Bonchev–Trinajstić information content (AvgIpc) is 2.75. The van der Waals surface area contributed by atoms with Gasteiger partial charge in [-0.15, -0.1) is 0 Å². The van der Waals surface area contributed by atoms with Gasteiger partial charge in [0.05, 0.1) is 13.2 Å². The molecule has 0 aromatic heterocycles. The van der Waals surface area contributed by atoms with Gasteiger partial charge in [0, 0.05) is 0 Å². The molecule has 0 aromatic rings. The Bertz CT molecular complexity index is 493. The molecule has 3 atom stereocenters. The summed E-state index contributed by atoms with van der Waals surface area (Å²) < 4.78 is 21.7. The van der Waals surface area contributed by atoms with Crippen molar-refractivity contribution in [2.45, 2.75) is 130 Å². The zero-order valence-corrected chi connectivity index (χ0v) is 21.1. The first kappa shape index (κ1) is 28.6. The van der Waals surface area contributed by atoms with Gasteiger partial charge in [-0.1, -0.05) is 72.6 Å². The molecule has 0 amide bonds. The quantitative estimate of drug-likeness (QED) is 0.174. The van der Waals surface area contributed by atoms with Crippen LogP contribution in [-0.2, 0) is 18.9 Å². The lowest BCUT2D eigenvalue weighted by molar-refractivity contribution is -0.0730. The maximum Gasteiger partial charge on any atom is 0.508 e. The van der Waals surface area contributed by atoms with E-state index in [4.69, 9.17) is 18.9 Å². The molecule has 0 spiro atoms. The van der Waals surface area contributed by atoms with Gasteiger partial charge in [-0.3, -0.25) is 0 Å². The summed E-state index contributed by atoms with van der Waals surface area (Å²) in [6, 6.07) is 0. The molecule has 0 heterocycles. The molecular weight excluding hydrogens is 408 g/mol. The van der Waals surface area contributed by atoms with E-state index in [9.17, 15) is 9.59 Å². The Balaban J connectivity index is 2.33. The zero-order valence-electron chi connectivity index (χ0n) is 21.1. The predicted molar refractivity (Wildman–Crippen MR) is 127 cm³/mol. The summed E-state index contributed by atoms with van der Waals surface area (Å²) in [6.07, 6.45) is 12.0. The third kappa shape index (κ3) is 13.8. The Morgan fingerprint density at radius 3 is 1.97 bits per heavy atom. The Kier molecular flexibility index (Phi) is 16.1. The standard InChI is InChI=1S/C26H48O6/c1-5-7-9-16-22(14-6-2)20-30-26(28)32-24-18-12-11-17-23(24)31-25(27)29-19-13-8-10-15-21(3)4/h21-24H,5-20H2,1-4H3. The third-order valence-corrected chi connectivity index (χ3v) is 6.13. The Hall–Kier alpha value is -1.46. The summed E-state index contributed by atoms with van der Waals surface area (Å²) in [5.74, 6) is 1.09. The van der Waals surface area contributed by atoms with Crippen LogP contribution in [0, 0.1) is 11.8 Å². The van der Waals surface area contributed by atoms with Gasteiger partial charge < -0.3 is 18.9 Å². The van der Waals surface area contributed by atoms with E-state index in [1.165, 1.54) is 19.3 Å². The van der Waals surface area contributed by atoms with E-state index in [0.717, 1.165) is 57.8 Å². The van der Waals surface area contributed by atoms with Crippen molar-refractivity contribution in [1.29, 1.82) is 0 Å². The summed E-state index contributed by atoms with van der Waals surface area (Å²) in [5, 5.41) is 0. The topological polar surface area (TPSA) is 71.1 Å². The molecule has 0 N–H and O–H groups in total. The van der Waals surface area contributed by atoms with Crippen LogP contribution in [-0.4, -0.2) is 37.7 Å². The predicted octanol–water partition coefficient (Wildman–Crippen LogP) is 7.82. The molecule has 0 saturated heterocycles. The van der Waals surface area contributed by atoms with Gasteiger partial charge in [0.2, 0.25) is 0 Å². The van der Waals surface area contributed by atoms with Crippen LogP contribution in [0.25, 0.3) is 0 Å². The van der Waals surface area contributed by atoms with Gasteiger partial charge in [-0.2, -0.15) is 0 Å². The molecule has 1 rings (SSSR count). The molecule has 1 saturated carbocycles. The van der Waals surface area contributed by atoms with Crippen LogP contribution >= 0.6 is 0 Å². The summed E-state index contributed by atoms with van der Waals surface area (Å²) >= 11 is 0. The molecule has 6 heteroatoms. The molecule has 1 aliphatic rings. The van der Waals surface area contributed by atoms with Crippen LogP contribution < -0.4 is 0 Å². The summed E-state index contributed by atoms with van der Waals surface area (Å²) in [7, 11) is 0.